The van der Waals surface area contributed by atoms with Crippen molar-refractivity contribution >= 4 is 11.5 Å². The van der Waals surface area contributed by atoms with Gasteiger partial charge in [0.25, 0.3) is 0 Å². The molecule has 0 bridgehead atoms. The van der Waals surface area contributed by atoms with E-state index >= 15 is 0 Å². The van der Waals surface area contributed by atoms with Gasteiger partial charge in [-0.2, -0.15) is 0 Å². The SMILES string of the molecule is CN(NC1=CC(=O)CCC1)c1ccccc1. The van der Waals surface area contributed by atoms with Gasteiger partial charge >= 0.3 is 0 Å². The molecule has 0 atom stereocenters. The molecule has 0 unspecified atom stereocenters. The summed E-state index contributed by atoms with van der Waals surface area (Å²) in [6, 6.07) is 10.0. The molecule has 0 radical (unpaired) electrons. The van der Waals surface area contributed by atoms with E-state index in [1.807, 2.05) is 42.4 Å². The third-order valence-corrected chi connectivity index (χ3v) is 2.66. The van der Waals surface area contributed by atoms with Crippen LogP contribution in [0.4, 0.5) is 5.69 Å². The first-order valence-electron chi connectivity index (χ1n) is 5.54. The fraction of sp³-hybridized carbons (Fsp3) is 0.308. The van der Waals surface area contributed by atoms with E-state index in [0.717, 1.165) is 24.2 Å². The fourth-order valence-electron chi connectivity index (χ4n) is 1.81. The van der Waals surface area contributed by atoms with E-state index in [-0.39, 0.29) is 5.78 Å². The number of carbonyl (C=O) groups is 1. The maximum Gasteiger partial charge on any atom is 0.157 e. The Kier molecular flexibility index (Phi) is 3.25. The molecule has 3 nitrogen and oxygen atoms in total. The molecule has 1 aromatic rings. The van der Waals surface area contributed by atoms with Gasteiger partial charge in [0, 0.05) is 25.2 Å². The highest BCUT2D eigenvalue weighted by Crippen LogP contribution is 2.15. The molecule has 1 N–H and O–H groups in total. The smallest absolute Gasteiger partial charge is 0.157 e. The molecule has 0 fully saturated rings. The van der Waals surface area contributed by atoms with Gasteiger partial charge in [0.1, 0.15) is 0 Å². The summed E-state index contributed by atoms with van der Waals surface area (Å²) in [6.45, 7) is 0. The molecule has 0 amide bonds. The van der Waals surface area contributed by atoms with Gasteiger partial charge in [-0.15, -0.1) is 0 Å². The number of rotatable bonds is 3. The Hall–Kier alpha value is -1.77. The first-order valence-corrected chi connectivity index (χ1v) is 5.54. The molecule has 1 aliphatic rings. The highest BCUT2D eigenvalue weighted by Gasteiger charge is 2.10. The summed E-state index contributed by atoms with van der Waals surface area (Å²) in [6.07, 6.45) is 4.28. The third-order valence-electron chi connectivity index (χ3n) is 2.66. The lowest BCUT2D eigenvalue weighted by Crippen LogP contribution is -2.34. The number of carbonyl (C=O) groups excluding carboxylic acids is 1. The van der Waals surface area contributed by atoms with Crippen LogP contribution >= 0.6 is 0 Å². The number of hydrogen-bond donors (Lipinski definition) is 1. The van der Waals surface area contributed by atoms with Crippen LogP contribution in [0.15, 0.2) is 42.1 Å². The second kappa shape index (κ2) is 4.84. The van der Waals surface area contributed by atoms with Crippen molar-refractivity contribution in [2.45, 2.75) is 19.3 Å². The maximum atomic E-state index is 11.3. The van der Waals surface area contributed by atoms with Gasteiger partial charge in [-0.3, -0.25) is 9.80 Å². The molecule has 0 spiro atoms. The van der Waals surface area contributed by atoms with Crippen LogP contribution in [0.3, 0.4) is 0 Å². The Morgan fingerprint density at radius 3 is 2.62 bits per heavy atom. The minimum atomic E-state index is 0.218. The van der Waals surface area contributed by atoms with Crippen molar-refractivity contribution in [2.75, 3.05) is 12.1 Å². The van der Waals surface area contributed by atoms with Crippen molar-refractivity contribution in [1.29, 1.82) is 0 Å². The van der Waals surface area contributed by atoms with Crippen LogP contribution in [0.5, 0.6) is 0 Å². The number of hydrazine groups is 1. The highest BCUT2D eigenvalue weighted by atomic mass is 16.1. The van der Waals surface area contributed by atoms with Crippen molar-refractivity contribution in [3.63, 3.8) is 0 Å². The number of ketones is 1. The topological polar surface area (TPSA) is 32.3 Å². The number of hydrogen-bond acceptors (Lipinski definition) is 3. The van der Waals surface area contributed by atoms with E-state index in [9.17, 15) is 4.79 Å². The first-order chi connectivity index (χ1) is 7.75. The molecule has 0 aliphatic heterocycles. The second-order valence-corrected chi connectivity index (χ2v) is 4.00. The number of nitrogens with one attached hydrogen (secondary N) is 1. The van der Waals surface area contributed by atoms with Crippen LogP contribution in [-0.4, -0.2) is 12.8 Å². The quantitative estimate of drug-likeness (QED) is 0.787. The summed E-state index contributed by atoms with van der Waals surface area (Å²) in [5, 5.41) is 1.93. The van der Waals surface area contributed by atoms with Gasteiger partial charge in [0.15, 0.2) is 5.78 Å². The van der Waals surface area contributed by atoms with Crippen molar-refractivity contribution < 1.29 is 4.79 Å². The lowest BCUT2D eigenvalue weighted by Gasteiger charge is -2.24. The Morgan fingerprint density at radius 2 is 1.94 bits per heavy atom. The van der Waals surface area contributed by atoms with Gasteiger partial charge in [-0.25, -0.2) is 0 Å². The molecule has 3 heteroatoms. The largest absolute Gasteiger partial charge is 0.303 e. The summed E-state index contributed by atoms with van der Waals surface area (Å²) in [5.41, 5.74) is 5.33. The molecule has 1 aromatic carbocycles. The van der Waals surface area contributed by atoms with Crippen molar-refractivity contribution in [1.82, 2.24) is 5.43 Å². The van der Waals surface area contributed by atoms with Gasteiger partial charge in [-0.1, -0.05) is 18.2 Å². The summed E-state index contributed by atoms with van der Waals surface area (Å²) in [4.78, 5) is 11.3. The van der Waals surface area contributed by atoms with E-state index in [2.05, 4.69) is 5.43 Å². The number of anilines is 1. The highest BCUT2D eigenvalue weighted by molar-refractivity contribution is 5.91. The molecule has 2 rings (SSSR count). The zero-order valence-electron chi connectivity index (χ0n) is 9.44. The maximum absolute atomic E-state index is 11.3. The normalized spacial score (nSPS) is 15.6. The Balaban J connectivity index is 2.02. The molecule has 0 heterocycles. The van der Waals surface area contributed by atoms with E-state index < -0.39 is 0 Å². The van der Waals surface area contributed by atoms with Crippen LogP contribution in [0, 0.1) is 0 Å². The number of benzene rings is 1. The average Bonchev–Trinajstić information content (AvgIpc) is 2.30. The molecular formula is C13H16N2O. The van der Waals surface area contributed by atoms with Crippen LogP contribution in [0.25, 0.3) is 0 Å². The van der Waals surface area contributed by atoms with Gasteiger partial charge in [-0.05, 0) is 25.0 Å². The molecule has 1 aliphatic carbocycles. The first kappa shape index (κ1) is 10.7. The Labute approximate surface area is 95.7 Å². The molecule has 0 saturated heterocycles. The summed E-state index contributed by atoms with van der Waals surface area (Å²) < 4.78 is 0. The Bertz CT molecular complexity index is 398. The summed E-state index contributed by atoms with van der Waals surface area (Å²) in [7, 11) is 1.95. The van der Waals surface area contributed by atoms with Crippen molar-refractivity contribution in [2.24, 2.45) is 0 Å². The average molecular weight is 216 g/mol. The van der Waals surface area contributed by atoms with Gasteiger partial charge < -0.3 is 5.43 Å². The number of nitrogens with zero attached hydrogens (tertiary/aromatic N) is 1. The number of para-hydroxylation sites is 1. The van der Waals surface area contributed by atoms with Crippen molar-refractivity contribution in [3.8, 4) is 0 Å². The predicted molar refractivity (Wildman–Crippen MR) is 64.9 cm³/mol. The second-order valence-electron chi connectivity index (χ2n) is 4.00. The standard InChI is InChI=1S/C13H16N2O/c1-15(12-7-3-2-4-8-12)14-11-6-5-9-13(16)10-11/h2-4,7-8,10,14H,5-6,9H2,1H3. The molecular weight excluding hydrogens is 200 g/mol. The zero-order valence-corrected chi connectivity index (χ0v) is 9.44. The summed E-state index contributed by atoms with van der Waals surface area (Å²) >= 11 is 0. The van der Waals surface area contributed by atoms with Gasteiger partial charge in [0.2, 0.25) is 0 Å². The van der Waals surface area contributed by atoms with E-state index in [0.29, 0.717) is 6.42 Å². The van der Waals surface area contributed by atoms with E-state index in [1.54, 1.807) is 6.08 Å². The van der Waals surface area contributed by atoms with Crippen LogP contribution in [0.1, 0.15) is 19.3 Å². The van der Waals surface area contributed by atoms with Crippen molar-refractivity contribution in [3.05, 3.63) is 42.1 Å². The van der Waals surface area contributed by atoms with Gasteiger partial charge in [0.05, 0.1) is 5.69 Å². The van der Waals surface area contributed by atoms with E-state index in [4.69, 9.17) is 0 Å². The minimum absolute atomic E-state index is 0.218. The lowest BCUT2D eigenvalue weighted by atomic mass is 10.0. The van der Waals surface area contributed by atoms with E-state index in [1.165, 1.54) is 0 Å². The zero-order chi connectivity index (χ0) is 11.4. The minimum Gasteiger partial charge on any atom is -0.303 e. The molecule has 16 heavy (non-hydrogen) atoms. The fourth-order valence-corrected chi connectivity index (χ4v) is 1.81. The molecule has 0 aromatic heterocycles. The summed E-state index contributed by atoms with van der Waals surface area (Å²) in [5.74, 6) is 0.218. The van der Waals surface area contributed by atoms with Crippen LogP contribution in [-0.2, 0) is 4.79 Å². The number of allylic oxidation sites excluding steroid dienone is 2. The van der Waals surface area contributed by atoms with Crippen LogP contribution in [0.2, 0.25) is 0 Å². The van der Waals surface area contributed by atoms with Crippen LogP contribution < -0.4 is 10.4 Å². The molecule has 84 valence electrons. The Morgan fingerprint density at radius 1 is 1.19 bits per heavy atom. The predicted octanol–water partition coefficient (Wildman–Crippen LogP) is 2.26. The monoisotopic (exact) mass is 216 g/mol. The third kappa shape index (κ3) is 2.63. The lowest BCUT2D eigenvalue weighted by molar-refractivity contribution is -0.115. The molecule has 0 saturated carbocycles.